The second kappa shape index (κ2) is 15.2. The zero-order chi connectivity index (χ0) is 35.1. The Hall–Kier alpha value is -5.74. The maximum atomic E-state index is 14.1. The van der Waals surface area contributed by atoms with E-state index in [9.17, 15) is 14.4 Å². The summed E-state index contributed by atoms with van der Waals surface area (Å²) in [5.74, 6) is 0.918. The van der Waals surface area contributed by atoms with Crippen molar-refractivity contribution in [3.8, 4) is 17.2 Å². The molecule has 1 saturated heterocycles. The number of nitrogens with one attached hydrogen (secondary N) is 2. The van der Waals surface area contributed by atoms with E-state index in [4.69, 9.17) is 30.5 Å². The number of amides is 3. The summed E-state index contributed by atoms with van der Waals surface area (Å²) < 4.78 is 23.4. The minimum atomic E-state index is -1.11. The fourth-order valence-corrected chi connectivity index (χ4v) is 6.18. The number of benzene rings is 5. The third-order valence-corrected chi connectivity index (χ3v) is 8.83. The van der Waals surface area contributed by atoms with E-state index in [1.54, 1.807) is 71.6 Å². The first-order chi connectivity index (χ1) is 24.3. The maximum Gasteiger partial charge on any atom is 0.337 e. The molecule has 1 heterocycles. The van der Waals surface area contributed by atoms with E-state index < -0.39 is 17.7 Å². The number of esters is 1. The summed E-state index contributed by atoms with van der Waals surface area (Å²) in [4.78, 5) is 40.5. The first kappa shape index (κ1) is 34.1. The van der Waals surface area contributed by atoms with Crippen LogP contribution in [0, 0.1) is 0 Å². The molecule has 2 N–H and O–H groups in total. The second-order valence-electron chi connectivity index (χ2n) is 11.8. The summed E-state index contributed by atoms with van der Waals surface area (Å²) in [6, 6.07) is 32.1. The van der Waals surface area contributed by atoms with Gasteiger partial charge in [-0.2, -0.15) is 0 Å². The number of carbonyl (C=O) groups is 3. The summed E-state index contributed by atoms with van der Waals surface area (Å²) >= 11 is 6.18. The zero-order valence-corrected chi connectivity index (χ0v) is 28.4. The first-order valence-electron chi connectivity index (χ1n) is 16.1. The van der Waals surface area contributed by atoms with Gasteiger partial charge in [-0.3, -0.25) is 4.79 Å². The van der Waals surface area contributed by atoms with Crippen LogP contribution in [0.1, 0.15) is 28.8 Å². The number of carbonyl (C=O) groups excluding carboxylic acids is 3. The Balaban J connectivity index is 1.21. The molecule has 0 radical (unpaired) electrons. The molecule has 0 aromatic heterocycles. The molecule has 0 unspecified atom stereocenters. The van der Waals surface area contributed by atoms with Crippen molar-refractivity contribution < 1.29 is 33.3 Å². The van der Waals surface area contributed by atoms with Crippen LogP contribution in [0.25, 0.3) is 10.8 Å². The van der Waals surface area contributed by atoms with Crippen LogP contribution in [0.3, 0.4) is 0 Å². The van der Waals surface area contributed by atoms with Crippen LogP contribution in [-0.2, 0) is 16.0 Å². The largest absolute Gasteiger partial charge is 0.495 e. The van der Waals surface area contributed by atoms with Gasteiger partial charge >= 0.3 is 12.0 Å². The Bertz CT molecular complexity index is 2020. The monoisotopic (exact) mass is 693 g/mol. The standard InChI is InChI=1S/C39H36ClN3O7/c1-47-35-22-26(12-19-34(35)42-38(46)41-33-11-6-5-10-32(33)40)23-36(44)43-21-7-20-39(43,25-49-30-16-14-28(15-17-30)37(45)48-2)50-31-18-13-27-8-3-4-9-29(27)24-31/h3-6,8-19,22,24H,7,20-21,23,25H2,1-2H3,(H2,41,42,46)/t39-/m0/s1. The molecule has 10 nitrogen and oxygen atoms in total. The predicted molar refractivity (Wildman–Crippen MR) is 192 cm³/mol. The third kappa shape index (κ3) is 7.76. The van der Waals surface area contributed by atoms with Gasteiger partial charge in [-0.1, -0.05) is 60.1 Å². The molecule has 1 fully saturated rings. The molecule has 1 aliphatic heterocycles. The minimum absolute atomic E-state index is 0.0514. The Morgan fingerprint density at radius 3 is 2.28 bits per heavy atom. The molecule has 1 atom stereocenters. The van der Waals surface area contributed by atoms with E-state index in [0.717, 1.165) is 10.8 Å². The number of urea groups is 1. The number of likely N-dealkylation sites (tertiary alicyclic amines) is 1. The van der Waals surface area contributed by atoms with E-state index in [1.807, 2.05) is 42.5 Å². The van der Waals surface area contributed by atoms with Crippen molar-refractivity contribution in [2.75, 3.05) is 38.0 Å². The Kier molecular flexibility index (Phi) is 10.4. The number of para-hydroxylation sites is 1. The third-order valence-electron chi connectivity index (χ3n) is 8.50. The molecule has 5 aromatic carbocycles. The molecule has 256 valence electrons. The highest BCUT2D eigenvalue weighted by atomic mass is 35.5. The second-order valence-corrected chi connectivity index (χ2v) is 12.2. The van der Waals surface area contributed by atoms with Gasteiger partial charge in [0.15, 0.2) is 0 Å². The lowest BCUT2D eigenvalue weighted by Gasteiger charge is -2.38. The highest BCUT2D eigenvalue weighted by molar-refractivity contribution is 6.33. The highest BCUT2D eigenvalue weighted by Gasteiger charge is 2.47. The van der Waals surface area contributed by atoms with Gasteiger partial charge in [0.1, 0.15) is 23.9 Å². The van der Waals surface area contributed by atoms with Crippen molar-refractivity contribution in [1.82, 2.24) is 4.90 Å². The normalized spacial score (nSPS) is 15.3. The SMILES string of the molecule is COC(=O)c1ccc(OC[C@@]2(Oc3ccc4ccccc4c3)CCCN2C(=O)Cc2ccc(NC(=O)Nc3ccccc3Cl)c(OC)c2)cc1. The van der Waals surface area contributed by atoms with Crippen LogP contribution in [0.15, 0.2) is 109 Å². The van der Waals surface area contributed by atoms with Crippen molar-refractivity contribution in [3.63, 3.8) is 0 Å². The van der Waals surface area contributed by atoms with Crippen molar-refractivity contribution in [3.05, 3.63) is 125 Å². The number of hydrogen-bond donors (Lipinski definition) is 2. The van der Waals surface area contributed by atoms with Crippen molar-refractivity contribution in [1.29, 1.82) is 0 Å². The Labute approximate surface area is 294 Å². The Morgan fingerprint density at radius 2 is 1.52 bits per heavy atom. The number of methoxy groups -OCH3 is 2. The van der Waals surface area contributed by atoms with Crippen LogP contribution in [0.2, 0.25) is 5.02 Å². The number of ether oxygens (including phenoxy) is 4. The summed E-state index contributed by atoms with van der Waals surface area (Å²) in [7, 11) is 2.83. The van der Waals surface area contributed by atoms with Crippen molar-refractivity contribution in [2.24, 2.45) is 0 Å². The molecule has 0 saturated carbocycles. The van der Waals surface area contributed by atoms with Gasteiger partial charge in [0, 0.05) is 13.0 Å². The van der Waals surface area contributed by atoms with E-state index in [2.05, 4.69) is 10.6 Å². The van der Waals surface area contributed by atoms with Crippen molar-refractivity contribution >= 4 is 51.7 Å². The number of fused-ring (bicyclic) bond motifs is 1. The topological polar surface area (TPSA) is 115 Å². The lowest BCUT2D eigenvalue weighted by atomic mass is 10.1. The van der Waals surface area contributed by atoms with E-state index >= 15 is 0 Å². The average molecular weight is 694 g/mol. The lowest BCUT2D eigenvalue weighted by Crippen LogP contribution is -2.56. The fraction of sp³-hybridized carbons (Fsp3) is 0.205. The van der Waals surface area contributed by atoms with Crippen LogP contribution in [0.4, 0.5) is 16.2 Å². The van der Waals surface area contributed by atoms with Gasteiger partial charge in [-0.15, -0.1) is 0 Å². The summed E-state index contributed by atoms with van der Waals surface area (Å²) in [5, 5.41) is 8.00. The van der Waals surface area contributed by atoms with E-state index in [-0.39, 0.29) is 18.9 Å². The fourth-order valence-electron chi connectivity index (χ4n) is 6.00. The molecule has 5 aromatic rings. The molecule has 0 spiro atoms. The minimum Gasteiger partial charge on any atom is -0.495 e. The van der Waals surface area contributed by atoms with Gasteiger partial charge in [-0.05, 0) is 83.4 Å². The quantitative estimate of drug-likeness (QED) is 0.135. The van der Waals surface area contributed by atoms with Crippen LogP contribution < -0.4 is 24.8 Å². The maximum absolute atomic E-state index is 14.1. The summed E-state index contributed by atoms with van der Waals surface area (Å²) in [6.07, 6.45) is 1.30. The van der Waals surface area contributed by atoms with Crippen molar-refractivity contribution in [2.45, 2.75) is 25.0 Å². The van der Waals surface area contributed by atoms with Gasteiger partial charge < -0.3 is 34.5 Å². The van der Waals surface area contributed by atoms with Gasteiger partial charge in [0.2, 0.25) is 11.6 Å². The molecule has 6 rings (SSSR count). The molecule has 0 aliphatic carbocycles. The van der Waals surface area contributed by atoms with Gasteiger partial charge in [0.05, 0.1) is 42.6 Å². The lowest BCUT2D eigenvalue weighted by molar-refractivity contribution is -0.151. The number of rotatable bonds is 11. The Morgan fingerprint density at radius 1 is 0.800 bits per heavy atom. The average Bonchev–Trinajstić information content (AvgIpc) is 3.55. The molecule has 0 bridgehead atoms. The number of halogens is 1. The predicted octanol–water partition coefficient (Wildman–Crippen LogP) is 7.95. The molecule has 50 heavy (non-hydrogen) atoms. The van der Waals surface area contributed by atoms with E-state index in [1.165, 1.54) is 14.2 Å². The molecule has 3 amide bonds. The molecule has 1 aliphatic rings. The summed E-state index contributed by atoms with van der Waals surface area (Å²) in [5.41, 5.74) is 0.875. The van der Waals surface area contributed by atoms with Crippen LogP contribution >= 0.6 is 11.6 Å². The van der Waals surface area contributed by atoms with Crippen LogP contribution in [-0.4, -0.2) is 55.9 Å². The molecular formula is C39H36ClN3O7. The molecule has 11 heteroatoms. The van der Waals surface area contributed by atoms with Gasteiger partial charge in [0.25, 0.3) is 0 Å². The number of anilines is 2. The number of hydrogen-bond acceptors (Lipinski definition) is 7. The molecular weight excluding hydrogens is 658 g/mol. The van der Waals surface area contributed by atoms with Crippen LogP contribution in [0.5, 0.6) is 17.2 Å². The highest BCUT2D eigenvalue weighted by Crippen LogP contribution is 2.36. The van der Waals surface area contributed by atoms with E-state index in [0.29, 0.717) is 64.2 Å². The zero-order valence-electron chi connectivity index (χ0n) is 27.6. The smallest absolute Gasteiger partial charge is 0.337 e. The number of nitrogens with zero attached hydrogens (tertiary/aromatic N) is 1. The first-order valence-corrected chi connectivity index (χ1v) is 16.4. The van der Waals surface area contributed by atoms with Gasteiger partial charge in [-0.25, -0.2) is 9.59 Å². The summed E-state index contributed by atoms with van der Waals surface area (Å²) in [6.45, 7) is 0.520.